The average Bonchev–Trinajstić information content (AvgIpc) is 2.87. The number of nitrogens with one attached hydrogen (secondary N) is 1. The summed E-state index contributed by atoms with van der Waals surface area (Å²) in [6.07, 6.45) is 1.61. The molecule has 0 spiro atoms. The summed E-state index contributed by atoms with van der Waals surface area (Å²) in [4.78, 5) is 25.3. The van der Waals surface area contributed by atoms with Gasteiger partial charge in [-0.1, -0.05) is 6.07 Å². The highest BCUT2D eigenvalue weighted by Gasteiger charge is 2.16. The highest BCUT2D eigenvalue weighted by atomic mass is 16.6. The number of carbonyl (C=O) groups excluding carboxylic acids is 1. The molecule has 0 saturated carbocycles. The Balaban J connectivity index is 1.97. The number of rotatable bonds is 4. The Labute approximate surface area is 102 Å². The van der Waals surface area contributed by atoms with E-state index in [1.54, 1.807) is 24.4 Å². The first kappa shape index (κ1) is 11.8. The largest absolute Gasteiger partial charge is 0.433 e. The minimum absolute atomic E-state index is 0.0994. The predicted octanol–water partition coefficient (Wildman–Crippen LogP) is 1.51. The smallest absolute Gasteiger partial charge is 0.395 e. The fourth-order valence-electron chi connectivity index (χ4n) is 1.31. The zero-order valence-electron chi connectivity index (χ0n) is 9.20. The molecule has 2 aromatic rings. The lowest BCUT2D eigenvalue weighted by Gasteiger charge is -2.01. The third-order valence-corrected chi connectivity index (χ3v) is 2.15. The number of furan rings is 1. The van der Waals surface area contributed by atoms with E-state index in [1.165, 1.54) is 6.07 Å². The Morgan fingerprint density at radius 3 is 2.83 bits per heavy atom. The highest BCUT2D eigenvalue weighted by Crippen LogP contribution is 2.15. The van der Waals surface area contributed by atoms with Crippen molar-refractivity contribution >= 4 is 11.8 Å². The quantitative estimate of drug-likeness (QED) is 0.652. The first-order chi connectivity index (χ1) is 8.66. The summed E-state index contributed by atoms with van der Waals surface area (Å²) in [7, 11) is 0. The van der Waals surface area contributed by atoms with E-state index in [-0.39, 0.29) is 12.3 Å². The molecule has 7 heteroatoms. The number of carbonyl (C=O) groups is 1. The van der Waals surface area contributed by atoms with Gasteiger partial charge in [-0.15, -0.1) is 0 Å². The second-order valence-electron chi connectivity index (χ2n) is 3.40. The second kappa shape index (κ2) is 5.09. The van der Waals surface area contributed by atoms with E-state index in [1.807, 2.05) is 0 Å². The maximum absolute atomic E-state index is 11.6. The normalized spacial score (nSPS) is 10.0. The molecule has 0 bridgehead atoms. The molecule has 2 rings (SSSR count). The SMILES string of the molecule is O=C(NCc1ccccn1)c1ccc([N+](=O)[O-])o1. The van der Waals surface area contributed by atoms with Crippen LogP contribution in [0.1, 0.15) is 16.2 Å². The molecule has 2 aromatic heterocycles. The number of nitro groups is 1. The lowest BCUT2D eigenvalue weighted by molar-refractivity contribution is -0.402. The molecule has 0 radical (unpaired) electrons. The standard InChI is InChI=1S/C11H9N3O4/c15-11(9-4-5-10(18-9)14(16)17)13-7-8-3-1-2-6-12-8/h1-6H,7H2,(H,13,15). The number of pyridine rings is 1. The van der Waals surface area contributed by atoms with Crippen LogP contribution in [-0.2, 0) is 6.54 Å². The van der Waals surface area contributed by atoms with Crippen LogP contribution in [0.25, 0.3) is 0 Å². The summed E-state index contributed by atoms with van der Waals surface area (Å²) in [6.45, 7) is 0.230. The Kier molecular flexibility index (Phi) is 3.33. The van der Waals surface area contributed by atoms with Crippen molar-refractivity contribution in [1.82, 2.24) is 10.3 Å². The minimum atomic E-state index is -0.699. The van der Waals surface area contributed by atoms with E-state index in [0.717, 1.165) is 6.07 Å². The van der Waals surface area contributed by atoms with Gasteiger partial charge in [0, 0.05) is 6.20 Å². The van der Waals surface area contributed by atoms with Gasteiger partial charge in [0.2, 0.25) is 0 Å². The van der Waals surface area contributed by atoms with Gasteiger partial charge >= 0.3 is 5.88 Å². The van der Waals surface area contributed by atoms with Crippen molar-refractivity contribution in [1.29, 1.82) is 0 Å². The van der Waals surface area contributed by atoms with Gasteiger partial charge < -0.3 is 9.73 Å². The molecule has 0 aliphatic rings. The molecule has 0 unspecified atom stereocenters. The van der Waals surface area contributed by atoms with E-state index in [2.05, 4.69) is 10.3 Å². The highest BCUT2D eigenvalue weighted by molar-refractivity contribution is 5.91. The summed E-state index contributed by atoms with van der Waals surface area (Å²) in [5.74, 6) is -1.08. The predicted molar refractivity (Wildman–Crippen MR) is 60.8 cm³/mol. The van der Waals surface area contributed by atoms with Gasteiger partial charge in [-0.25, -0.2) is 0 Å². The van der Waals surface area contributed by atoms with Crippen molar-refractivity contribution in [3.05, 3.63) is 58.1 Å². The Hall–Kier alpha value is -2.70. The Bertz CT molecular complexity index is 565. The van der Waals surface area contributed by atoms with Gasteiger partial charge in [0.15, 0.2) is 5.76 Å². The van der Waals surface area contributed by atoms with E-state index in [9.17, 15) is 14.9 Å². The van der Waals surface area contributed by atoms with Crippen molar-refractivity contribution in [3.63, 3.8) is 0 Å². The molecule has 0 aliphatic heterocycles. The molecule has 2 heterocycles. The van der Waals surface area contributed by atoms with Gasteiger partial charge in [0.25, 0.3) is 5.91 Å². The molecule has 0 atom stereocenters. The monoisotopic (exact) mass is 247 g/mol. The van der Waals surface area contributed by atoms with Crippen molar-refractivity contribution in [3.8, 4) is 0 Å². The van der Waals surface area contributed by atoms with Crippen LogP contribution in [-0.4, -0.2) is 15.8 Å². The Morgan fingerprint density at radius 2 is 2.22 bits per heavy atom. The van der Waals surface area contributed by atoms with E-state index >= 15 is 0 Å². The summed E-state index contributed by atoms with van der Waals surface area (Å²) < 4.78 is 4.76. The fourth-order valence-corrected chi connectivity index (χ4v) is 1.31. The molecule has 0 fully saturated rings. The van der Waals surface area contributed by atoms with Crippen LogP contribution < -0.4 is 5.32 Å². The molecule has 92 valence electrons. The molecule has 1 amide bonds. The molecular formula is C11H9N3O4. The van der Waals surface area contributed by atoms with Crippen molar-refractivity contribution in [2.45, 2.75) is 6.54 Å². The zero-order chi connectivity index (χ0) is 13.0. The topological polar surface area (TPSA) is 98.3 Å². The summed E-state index contributed by atoms with van der Waals surface area (Å²) >= 11 is 0. The van der Waals surface area contributed by atoms with E-state index in [0.29, 0.717) is 5.69 Å². The number of amides is 1. The third-order valence-electron chi connectivity index (χ3n) is 2.15. The number of nitrogens with zero attached hydrogens (tertiary/aromatic N) is 2. The van der Waals surface area contributed by atoms with Crippen molar-refractivity contribution in [2.75, 3.05) is 0 Å². The molecule has 0 aliphatic carbocycles. The van der Waals surface area contributed by atoms with Crippen LogP contribution in [0.5, 0.6) is 0 Å². The van der Waals surface area contributed by atoms with E-state index in [4.69, 9.17) is 4.42 Å². The summed E-state index contributed by atoms with van der Waals surface area (Å²) in [5.41, 5.74) is 0.687. The van der Waals surface area contributed by atoms with Crippen LogP contribution >= 0.6 is 0 Å². The summed E-state index contributed by atoms with van der Waals surface area (Å²) in [6, 6.07) is 7.71. The van der Waals surface area contributed by atoms with Crippen LogP contribution in [0.2, 0.25) is 0 Å². The van der Waals surface area contributed by atoms with Gasteiger partial charge in [0.1, 0.15) is 4.92 Å². The molecule has 18 heavy (non-hydrogen) atoms. The second-order valence-corrected chi connectivity index (χ2v) is 3.40. The van der Waals surface area contributed by atoms with Gasteiger partial charge in [-0.3, -0.25) is 19.9 Å². The van der Waals surface area contributed by atoms with Crippen LogP contribution in [0.4, 0.5) is 5.88 Å². The van der Waals surface area contributed by atoms with Crippen LogP contribution in [0.15, 0.2) is 40.9 Å². The Morgan fingerprint density at radius 1 is 1.39 bits per heavy atom. The summed E-state index contributed by atoms with van der Waals surface area (Å²) in [5, 5.41) is 12.9. The van der Waals surface area contributed by atoms with E-state index < -0.39 is 16.7 Å². The van der Waals surface area contributed by atoms with Crippen LogP contribution in [0, 0.1) is 10.1 Å². The zero-order valence-corrected chi connectivity index (χ0v) is 9.20. The maximum atomic E-state index is 11.6. The lowest BCUT2D eigenvalue weighted by atomic mass is 10.3. The van der Waals surface area contributed by atoms with Gasteiger partial charge in [-0.05, 0) is 18.2 Å². The maximum Gasteiger partial charge on any atom is 0.433 e. The van der Waals surface area contributed by atoms with Crippen LogP contribution in [0.3, 0.4) is 0 Å². The number of hydrogen-bond donors (Lipinski definition) is 1. The molecular weight excluding hydrogens is 238 g/mol. The minimum Gasteiger partial charge on any atom is -0.395 e. The van der Waals surface area contributed by atoms with Gasteiger partial charge in [0.05, 0.1) is 18.3 Å². The van der Waals surface area contributed by atoms with Crippen molar-refractivity contribution < 1.29 is 14.1 Å². The third kappa shape index (κ3) is 2.70. The fraction of sp³-hybridized carbons (Fsp3) is 0.0909. The molecule has 7 nitrogen and oxygen atoms in total. The first-order valence-electron chi connectivity index (χ1n) is 5.09. The molecule has 1 N–H and O–H groups in total. The lowest BCUT2D eigenvalue weighted by Crippen LogP contribution is -2.22. The molecule has 0 aromatic carbocycles. The average molecular weight is 247 g/mol. The molecule has 0 saturated heterocycles. The van der Waals surface area contributed by atoms with Crippen molar-refractivity contribution in [2.24, 2.45) is 0 Å². The number of hydrogen-bond acceptors (Lipinski definition) is 5. The number of aromatic nitrogens is 1. The first-order valence-corrected chi connectivity index (χ1v) is 5.09. The van der Waals surface area contributed by atoms with Gasteiger partial charge in [-0.2, -0.15) is 0 Å².